The molecule has 0 unspecified atom stereocenters. The molecule has 0 aliphatic carbocycles. The molecule has 0 spiro atoms. The molecule has 28 heavy (non-hydrogen) atoms. The fourth-order valence-electron chi connectivity index (χ4n) is 3.09. The summed E-state index contributed by atoms with van der Waals surface area (Å²) in [6.45, 7) is 0.600. The zero-order valence-corrected chi connectivity index (χ0v) is 17.7. The molecule has 152 valence electrons. The summed E-state index contributed by atoms with van der Waals surface area (Å²) >= 11 is 5.92. The van der Waals surface area contributed by atoms with E-state index in [1.165, 1.54) is 46.1 Å². The van der Waals surface area contributed by atoms with E-state index in [9.17, 15) is 16.8 Å². The highest BCUT2D eigenvalue weighted by atomic mass is 35.5. The maximum atomic E-state index is 13.1. The Morgan fingerprint density at radius 1 is 0.857 bits per heavy atom. The molecule has 10 heteroatoms. The molecule has 3 rings (SSSR count). The van der Waals surface area contributed by atoms with Crippen molar-refractivity contribution in [3.8, 4) is 5.75 Å². The van der Waals surface area contributed by atoms with Gasteiger partial charge in [0, 0.05) is 37.3 Å². The largest absolute Gasteiger partial charge is 0.495 e. The standard InChI is InChI=1S/C18H21ClN2O5S2/c1-26-17-14-15(19)8-9-18(17)28(24,25)21-11-5-10-20(12-13-21)27(22,23)16-6-3-2-4-7-16/h2-4,6-9,14H,5,10-13H2,1H3. The van der Waals surface area contributed by atoms with Crippen LogP contribution in [0.1, 0.15) is 6.42 Å². The Morgan fingerprint density at radius 3 is 2.07 bits per heavy atom. The summed E-state index contributed by atoms with van der Waals surface area (Å²) in [7, 11) is -6.14. The van der Waals surface area contributed by atoms with Crippen LogP contribution in [0.15, 0.2) is 58.3 Å². The van der Waals surface area contributed by atoms with Crippen LogP contribution in [0.2, 0.25) is 5.02 Å². The molecule has 1 aliphatic heterocycles. The molecular weight excluding hydrogens is 424 g/mol. The minimum Gasteiger partial charge on any atom is -0.495 e. The maximum absolute atomic E-state index is 13.1. The van der Waals surface area contributed by atoms with Gasteiger partial charge in [0.1, 0.15) is 10.6 Å². The number of hydrogen-bond acceptors (Lipinski definition) is 5. The van der Waals surface area contributed by atoms with Gasteiger partial charge in [-0.25, -0.2) is 16.8 Å². The molecule has 1 aliphatic rings. The second-order valence-electron chi connectivity index (χ2n) is 6.27. The number of halogens is 1. The number of benzene rings is 2. The van der Waals surface area contributed by atoms with Crippen LogP contribution < -0.4 is 4.74 Å². The normalized spacial score (nSPS) is 17.2. The fraction of sp³-hybridized carbons (Fsp3) is 0.333. The minimum absolute atomic E-state index is 0.0127. The molecule has 2 aromatic rings. The highest BCUT2D eigenvalue weighted by Crippen LogP contribution is 2.30. The van der Waals surface area contributed by atoms with E-state index in [0.717, 1.165) is 0 Å². The van der Waals surface area contributed by atoms with Crippen molar-refractivity contribution in [2.45, 2.75) is 16.2 Å². The summed E-state index contributed by atoms with van der Waals surface area (Å²) < 4.78 is 59.6. The third kappa shape index (κ3) is 4.18. The monoisotopic (exact) mass is 444 g/mol. The smallest absolute Gasteiger partial charge is 0.246 e. The molecule has 7 nitrogen and oxygen atoms in total. The van der Waals surface area contributed by atoms with Crippen molar-refractivity contribution in [3.63, 3.8) is 0 Å². The fourth-order valence-corrected chi connectivity index (χ4v) is 6.34. The van der Waals surface area contributed by atoms with Crippen LogP contribution in [0.25, 0.3) is 0 Å². The van der Waals surface area contributed by atoms with Gasteiger partial charge in [0.25, 0.3) is 0 Å². The van der Waals surface area contributed by atoms with Gasteiger partial charge in [-0.3, -0.25) is 0 Å². The summed E-state index contributed by atoms with van der Waals surface area (Å²) in [5, 5.41) is 0.367. The number of sulfonamides is 2. The number of ether oxygens (including phenoxy) is 1. The molecule has 0 atom stereocenters. The number of hydrogen-bond donors (Lipinski definition) is 0. The first-order chi connectivity index (χ1) is 13.3. The molecule has 1 fully saturated rings. The molecule has 0 bridgehead atoms. The predicted molar refractivity (Wildman–Crippen MR) is 107 cm³/mol. The van der Waals surface area contributed by atoms with Gasteiger partial charge in [-0.1, -0.05) is 29.8 Å². The van der Waals surface area contributed by atoms with Gasteiger partial charge in [-0.2, -0.15) is 8.61 Å². The highest BCUT2D eigenvalue weighted by Gasteiger charge is 2.33. The lowest BCUT2D eigenvalue weighted by Gasteiger charge is -2.22. The van der Waals surface area contributed by atoms with Crippen LogP contribution in [0.4, 0.5) is 0 Å². The molecule has 1 heterocycles. The molecule has 0 aromatic heterocycles. The summed E-state index contributed by atoms with van der Waals surface area (Å²) in [5.74, 6) is 0.158. The van der Waals surface area contributed by atoms with Crippen LogP contribution in [-0.2, 0) is 20.0 Å². The Labute approximate surface area is 170 Å². The van der Waals surface area contributed by atoms with Gasteiger partial charge in [0.05, 0.1) is 12.0 Å². The Balaban J connectivity index is 1.84. The molecule has 0 radical (unpaired) electrons. The summed E-state index contributed by atoms with van der Waals surface area (Å²) in [4.78, 5) is 0.212. The average molecular weight is 445 g/mol. The third-order valence-electron chi connectivity index (χ3n) is 4.54. The SMILES string of the molecule is COc1cc(Cl)ccc1S(=O)(=O)N1CCCN(S(=O)(=O)c2ccccc2)CC1. The Hall–Kier alpha value is -1.65. The molecule has 0 amide bonds. The van der Waals surface area contributed by atoms with E-state index in [1.807, 2.05) is 0 Å². The zero-order valence-electron chi connectivity index (χ0n) is 15.3. The van der Waals surface area contributed by atoms with Crippen molar-refractivity contribution in [2.75, 3.05) is 33.3 Å². The maximum Gasteiger partial charge on any atom is 0.246 e. The van der Waals surface area contributed by atoms with Crippen molar-refractivity contribution < 1.29 is 21.6 Å². The Morgan fingerprint density at radius 2 is 1.46 bits per heavy atom. The number of rotatable bonds is 5. The lowest BCUT2D eigenvalue weighted by atomic mass is 10.3. The van der Waals surface area contributed by atoms with E-state index < -0.39 is 20.0 Å². The quantitative estimate of drug-likeness (QED) is 0.707. The van der Waals surface area contributed by atoms with Crippen LogP contribution >= 0.6 is 11.6 Å². The second kappa shape index (κ2) is 8.38. The van der Waals surface area contributed by atoms with Gasteiger partial charge >= 0.3 is 0 Å². The highest BCUT2D eigenvalue weighted by molar-refractivity contribution is 7.89. The van der Waals surface area contributed by atoms with E-state index >= 15 is 0 Å². The summed E-state index contributed by atoms with van der Waals surface area (Å²) in [5.41, 5.74) is 0. The van der Waals surface area contributed by atoms with Crippen molar-refractivity contribution in [2.24, 2.45) is 0 Å². The van der Waals surface area contributed by atoms with Gasteiger partial charge in [0.2, 0.25) is 20.0 Å². The first-order valence-corrected chi connectivity index (χ1v) is 11.9. The lowest BCUT2D eigenvalue weighted by molar-refractivity contribution is 0.388. The minimum atomic E-state index is -3.85. The van der Waals surface area contributed by atoms with E-state index in [4.69, 9.17) is 16.3 Å². The van der Waals surface area contributed by atoms with Crippen molar-refractivity contribution >= 4 is 31.6 Å². The van der Waals surface area contributed by atoms with E-state index in [-0.39, 0.29) is 41.7 Å². The Kier molecular flexibility index (Phi) is 6.31. The second-order valence-corrected chi connectivity index (χ2v) is 10.6. The van der Waals surface area contributed by atoms with Crippen molar-refractivity contribution in [3.05, 3.63) is 53.6 Å². The van der Waals surface area contributed by atoms with Gasteiger partial charge < -0.3 is 4.74 Å². The van der Waals surface area contributed by atoms with Gasteiger partial charge in [-0.15, -0.1) is 0 Å². The van der Waals surface area contributed by atoms with Crippen LogP contribution in [0.5, 0.6) is 5.75 Å². The molecule has 0 N–H and O–H groups in total. The zero-order chi connectivity index (χ0) is 20.4. The van der Waals surface area contributed by atoms with Crippen molar-refractivity contribution in [1.29, 1.82) is 0 Å². The van der Waals surface area contributed by atoms with Crippen molar-refractivity contribution in [1.82, 2.24) is 8.61 Å². The first-order valence-electron chi connectivity index (χ1n) is 8.66. The predicted octanol–water partition coefficient (Wildman–Crippen LogP) is 2.43. The van der Waals surface area contributed by atoms with Gasteiger partial charge in [-0.05, 0) is 30.7 Å². The lowest BCUT2D eigenvalue weighted by Crippen LogP contribution is -2.37. The number of methoxy groups -OCH3 is 1. The molecule has 1 saturated heterocycles. The average Bonchev–Trinajstić information content (AvgIpc) is 2.95. The topological polar surface area (TPSA) is 84.0 Å². The summed E-state index contributed by atoms with van der Waals surface area (Å²) in [6, 6.07) is 12.5. The molecule has 0 saturated carbocycles. The third-order valence-corrected chi connectivity index (χ3v) is 8.62. The Bertz CT molecular complexity index is 1040. The van der Waals surface area contributed by atoms with Crippen LogP contribution in [-0.4, -0.2) is 58.7 Å². The van der Waals surface area contributed by atoms with E-state index in [2.05, 4.69) is 0 Å². The van der Waals surface area contributed by atoms with Crippen LogP contribution in [0.3, 0.4) is 0 Å². The van der Waals surface area contributed by atoms with E-state index in [1.54, 1.807) is 18.2 Å². The summed E-state index contributed by atoms with van der Waals surface area (Å²) in [6.07, 6.45) is 0.390. The number of nitrogens with zero attached hydrogens (tertiary/aromatic N) is 2. The first kappa shape index (κ1) is 21.1. The van der Waals surface area contributed by atoms with E-state index in [0.29, 0.717) is 11.4 Å². The molecule has 2 aromatic carbocycles. The van der Waals surface area contributed by atoms with Gasteiger partial charge in [0.15, 0.2) is 0 Å². The van der Waals surface area contributed by atoms with Crippen LogP contribution in [0, 0.1) is 0 Å². The molecular formula is C18H21ClN2O5S2.